The Morgan fingerprint density at radius 1 is 1.12 bits per heavy atom. The van der Waals surface area contributed by atoms with Gasteiger partial charge < -0.3 is 14.8 Å². The summed E-state index contributed by atoms with van der Waals surface area (Å²) in [6, 6.07) is 14.9. The van der Waals surface area contributed by atoms with Crippen molar-refractivity contribution in [3.05, 3.63) is 64.3 Å². The van der Waals surface area contributed by atoms with Crippen LogP contribution in [0, 0.1) is 0 Å². The molecular formula is C19H18BrN3O3. The number of amides is 1. The zero-order chi connectivity index (χ0) is 18.5. The van der Waals surface area contributed by atoms with Crippen LogP contribution in [0.1, 0.15) is 16.1 Å². The summed E-state index contributed by atoms with van der Waals surface area (Å²) in [5.74, 6) is 1.12. The molecule has 1 aromatic heterocycles. The van der Waals surface area contributed by atoms with Gasteiger partial charge in [-0.25, -0.2) is 0 Å². The van der Waals surface area contributed by atoms with Crippen LogP contribution in [0.25, 0.3) is 11.3 Å². The second-order valence-corrected chi connectivity index (χ2v) is 6.45. The molecule has 0 radical (unpaired) electrons. The van der Waals surface area contributed by atoms with E-state index < -0.39 is 0 Å². The summed E-state index contributed by atoms with van der Waals surface area (Å²) >= 11 is 3.40. The lowest BCUT2D eigenvalue weighted by Crippen LogP contribution is -2.23. The van der Waals surface area contributed by atoms with Gasteiger partial charge in [0.25, 0.3) is 5.91 Å². The van der Waals surface area contributed by atoms with Crippen LogP contribution in [-0.2, 0) is 6.54 Å². The van der Waals surface area contributed by atoms with Crippen LogP contribution >= 0.6 is 15.9 Å². The smallest absolute Gasteiger partial charge is 0.269 e. The van der Waals surface area contributed by atoms with E-state index >= 15 is 0 Å². The van der Waals surface area contributed by atoms with Crippen LogP contribution in [0.2, 0.25) is 0 Å². The van der Waals surface area contributed by atoms with E-state index in [1.165, 1.54) is 0 Å². The van der Waals surface area contributed by atoms with Gasteiger partial charge in [-0.1, -0.05) is 28.1 Å². The Morgan fingerprint density at radius 3 is 2.58 bits per heavy atom. The van der Waals surface area contributed by atoms with E-state index in [0.29, 0.717) is 29.4 Å². The monoisotopic (exact) mass is 415 g/mol. The summed E-state index contributed by atoms with van der Waals surface area (Å²) in [6.07, 6.45) is 0. The quantitative estimate of drug-likeness (QED) is 0.641. The van der Waals surface area contributed by atoms with Gasteiger partial charge >= 0.3 is 0 Å². The number of aromatic amines is 1. The van der Waals surface area contributed by atoms with Gasteiger partial charge in [0.15, 0.2) is 0 Å². The van der Waals surface area contributed by atoms with E-state index in [1.807, 2.05) is 36.4 Å². The van der Waals surface area contributed by atoms with E-state index in [0.717, 1.165) is 15.6 Å². The second kappa shape index (κ2) is 8.05. The van der Waals surface area contributed by atoms with Crippen LogP contribution in [-0.4, -0.2) is 30.3 Å². The minimum Gasteiger partial charge on any atom is -0.497 e. The Bertz CT molecular complexity index is 907. The number of hydrogen-bond acceptors (Lipinski definition) is 4. The highest BCUT2D eigenvalue weighted by Crippen LogP contribution is 2.24. The summed E-state index contributed by atoms with van der Waals surface area (Å²) < 4.78 is 11.5. The number of carbonyl (C=O) groups is 1. The summed E-state index contributed by atoms with van der Waals surface area (Å²) in [5, 5.41) is 9.85. The Hall–Kier alpha value is -2.80. The van der Waals surface area contributed by atoms with Crippen LogP contribution in [0.4, 0.5) is 0 Å². The number of benzene rings is 2. The molecule has 0 bridgehead atoms. The van der Waals surface area contributed by atoms with Crippen molar-refractivity contribution in [1.82, 2.24) is 15.5 Å². The number of nitrogens with zero attached hydrogens (tertiary/aromatic N) is 1. The Labute approximate surface area is 159 Å². The Kier molecular flexibility index (Phi) is 5.58. The van der Waals surface area contributed by atoms with Crippen molar-refractivity contribution >= 4 is 21.8 Å². The third kappa shape index (κ3) is 4.05. The predicted molar refractivity (Wildman–Crippen MR) is 102 cm³/mol. The van der Waals surface area contributed by atoms with Crippen molar-refractivity contribution in [2.24, 2.45) is 0 Å². The molecule has 3 aromatic rings. The summed E-state index contributed by atoms with van der Waals surface area (Å²) in [6.45, 7) is 0.332. The molecule has 1 heterocycles. The van der Waals surface area contributed by atoms with E-state index in [9.17, 15) is 4.79 Å². The van der Waals surface area contributed by atoms with Crippen molar-refractivity contribution in [3.8, 4) is 22.8 Å². The van der Waals surface area contributed by atoms with Crippen molar-refractivity contribution in [1.29, 1.82) is 0 Å². The number of rotatable bonds is 6. The highest BCUT2D eigenvalue weighted by molar-refractivity contribution is 9.10. The highest BCUT2D eigenvalue weighted by Gasteiger charge is 2.12. The number of carbonyl (C=O) groups excluding carboxylic acids is 1. The normalized spacial score (nSPS) is 10.4. The summed E-state index contributed by atoms with van der Waals surface area (Å²) in [5.41, 5.74) is 2.90. The third-order valence-electron chi connectivity index (χ3n) is 3.90. The second-order valence-electron chi connectivity index (χ2n) is 5.53. The molecular weight excluding hydrogens is 398 g/mol. The fourth-order valence-electron chi connectivity index (χ4n) is 2.48. The number of aromatic nitrogens is 2. The first-order chi connectivity index (χ1) is 12.6. The third-order valence-corrected chi connectivity index (χ3v) is 4.42. The topological polar surface area (TPSA) is 76.2 Å². The minimum absolute atomic E-state index is 0.237. The Morgan fingerprint density at radius 2 is 1.88 bits per heavy atom. The Balaban J connectivity index is 1.68. The van der Waals surface area contributed by atoms with Gasteiger partial charge in [0.05, 0.1) is 19.9 Å². The van der Waals surface area contributed by atoms with Crippen LogP contribution < -0.4 is 14.8 Å². The van der Waals surface area contributed by atoms with Gasteiger partial charge in [0, 0.05) is 28.2 Å². The molecule has 0 aliphatic rings. The number of halogens is 1. The molecule has 134 valence electrons. The standard InChI is InChI=1S/C19H18BrN3O3/c1-25-15-8-5-13(18(9-15)26-2)11-21-19(24)17-10-16(22-23-17)12-3-6-14(20)7-4-12/h3-10H,11H2,1-2H3,(H,21,24)(H,22,23). The molecule has 0 unspecified atom stereocenters. The van der Waals surface area contributed by atoms with Crippen molar-refractivity contribution in [3.63, 3.8) is 0 Å². The zero-order valence-corrected chi connectivity index (χ0v) is 16.0. The SMILES string of the molecule is COc1ccc(CNC(=O)c2cc(-c3ccc(Br)cc3)n[nH]2)c(OC)c1. The first kappa shape index (κ1) is 18.0. The van der Waals surface area contributed by atoms with E-state index in [-0.39, 0.29) is 5.91 Å². The predicted octanol–water partition coefficient (Wildman–Crippen LogP) is 3.79. The fraction of sp³-hybridized carbons (Fsp3) is 0.158. The average molecular weight is 416 g/mol. The summed E-state index contributed by atoms with van der Waals surface area (Å²) in [4.78, 5) is 12.4. The molecule has 26 heavy (non-hydrogen) atoms. The maximum Gasteiger partial charge on any atom is 0.269 e. The lowest BCUT2D eigenvalue weighted by atomic mass is 10.1. The average Bonchev–Trinajstić information content (AvgIpc) is 3.16. The highest BCUT2D eigenvalue weighted by atomic mass is 79.9. The molecule has 0 spiro atoms. The van der Waals surface area contributed by atoms with E-state index in [2.05, 4.69) is 31.4 Å². The lowest BCUT2D eigenvalue weighted by molar-refractivity contribution is 0.0945. The van der Waals surface area contributed by atoms with Crippen LogP contribution in [0.5, 0.6) is 11.5 Å². The molecule has 0 aliphatic carbocycles. The first-order valence-corrected chi connectivity index (χ1v) is 8.70. The van der Waals surface area contributed by atoms with Gasteiger partial charge in [0.2, 0.25) is 0 Å². The number of nitrogens with one attached hydrogen (secondary N) is 2. The molecule has 0 saturated heterocycles. The molecule has 0 atom stereocenters. The van der Waals surface area contributed by atoms with E-state index in [1.54, 1.807) is 26.4 Å². The number of H-pyrrole nitrogens is 1. The number of methoxy groups -OCH3 is 2. The van der Waals surface area contributed by atoms with Crippen LogP contribution in [0.15, 0.2) is 53.0 Å². The first-order valence-electron chi connectivity index (χ1n) is 7.91. The maximum atomic E-state index is 12.4. The number of ether oxygens (including phenoxy) is 2. The molecule has 0 aliphatic heterocycles. The zero-order valence-electron chi connectivity index (χ0n) is 14.4. The van der Waals surface area contributed by atoms with Gasteiger partial charge in [-0.05, 0) is 30.3 Å². The van der Waals surface area contributed by atoms with E-state index in [4.69, 9.17) is 9.47 Å². The molecule has 6 nitrogen and oxygen atoms in total. The van der Waals surface area contributed by atoms with Gasteiger partial charge in [-0.2, -0.15) is 5.10 Å². The van der Waals surface area contributed by atoms with Gasteiger partial charge in [0.1, 0.15) is 17.2 Å². The maximum absolute atomic E-state index is 12.4. The van der Waals surface area contributed by atoms with Gasteiger partial charge in [-0.15, -0.1) is 0 Å². The number of hydrogen-bond donors (Lipinski definition) is 2. The van der Waals surface area contributed by atoms with Crippen molar-refractivity contribution < 1.29 is 14.3 Å². The van der Waals surface area contributed by atoms with Crippen LogP contribution in [0.3, 0.4) is 0 Å². The fourth-order valence-corrected chi connectivity index (χ4v) is 2.74. The molecule has 1 amide bonds. The van der Waals surface area contributed by atoms with Crippen molar-refractivity contribution in [2.75, 3.05) is 14.2 Å². The molecule has 7 heteroatoms. The lowest BCUT2D eigenvalue weighted by Gasteiger charge is -2.10. The largest absolute Gasteiger partial charge is 0.497 e. The molecule has 3 rings (SSSR count). The van der Waals surface area contributed by atoms with Gasteiger partial charge in [-0.3, -0.25) is 9.89 Å². The minimum atomic E-state index is -0.237. The molecule has 2 N–H and O–H groups in total. The summed E-state index contributed by atoms with van der Waals surface area (Å²) in [7, 11) is 3.18. The van der Waals surface area contributed by atoms with Crippen molar-refractivity contribution in [2.45, 2.75) is 6.54 Å². The molecule has 2 aromatic carbocycles. The molecule has 0 saturated carbocycles. The molecule has 0 fully saturated rings.